The van der Waals surface area contributed by atoms with Crippen LogP contribution in [0.5, 0.6) is 5.75 Å². The van der Waals surface area contributed by atoms with E-state index >= 15 is 0 Å². The summed E-state index contributed by atoms with van der Waals surface area (Å²) in [6.07, 6.45) is 3.72. The van der Waals surface area contributed by atoms with Crippen LogP contribution in [0, 0.1) is 0 Å². The second-order valence-corrected chi connectivity index (χ2v) is 7.75. The SMILES string of the molecule is CCCCCOc1ccc(S(=O)(=O)N[C@@H](CC)CO)c2ccccc12. The molecule has 0 saturated heterocycles. The van der Waals surface area contributed by atoms with E-state index in [4.69, 9.17) is 4.74 Å². The average Bonchev–Trinajstić information content (AvgIpc) is 2.63. The normalized spacial score (nSPS) is 13.1. The second kappa shape index (κ2) is 9.17. The van der Waals surface area contributed by atoms with E-state index in [-0.39, 0.29) is 11.5 Å². The molecule has 0 aromatic heterocycles. The Morgan fingerprint density at radius 2 is 1.80 bits per heavy atom. The van der Waals surface area contributed by atoms with Crippen molar-refractivity contribution in [3.63, 3.8) is 0 Å². The number of unbranched alkanes of at least 4 members (excludes halogenated alkanes) is 2. The molecule has 0 radical (unpaired) electrons. The summed E-state index contributed by atoms with van der Waals surface area (Å²) in [5.74, 6) is 0.694. The second-order valence-electron chi connectivity index (χ2n) is 6.07. The third-order valence-corrected chi connectivity index (χ3v) is 5.75. The lowest BCUT2D eigenvalue weighted by Gasteiger charge is -2.17. The van der Waals surface area contributed by atoms with E-state index in [0.29, 0.717) is 24.2 Å². The minimum Gasteiger partial charge on any atom is -0.493 e. The van der Waals surface area contributed by atoms with Crippen LogP contribution in [0.1, 0.15) is 39.5 Å². The first-order valence-corrected chi connectivity index (χ1v) is 10.3. The van der Waals surface area contributed by atoms with Crippen LogP contribution < -0.4 is 9.46 Å². The number of nitrogens with one attached hydrogen (secondary N) is 1. The maximum atomic E-state index is 12.7. The van der Waals surface area contributed by atoms with Crippen molar-refractivity contribution in [1.29, 1.82) is 0 Å². The number of benzene rings is 2. The highest BCUT2D eigenvalue weighted by atomic mass is 32.2. The number of ether oxygens (including phenoxy) is 1. The first-order valence-electron chi connectivity index (χ1n) is 8.81. The fourth-order valence-electron chi connectivity index (χ4n) is 2.67. The number of hydrogen-bond acceptors (Lipinski definition) is 4. The topological polar surface area (TPSA) is 75.6 Å². The third-order valence-electron chi connectivity index (χ3n) is 4.17. The van der Waals surface area contributed by atoms with Crippen LogP contribution in [0.15, 0.2) is 41.3 Å². The van der Waals surface area contributed by atoms with Crippen LogP contribution in [-0.2, 0) is 10.0 Å². The Balaban J connectivity index is 2.36. The van der Waals surface area contributed by atoms with E-state index in [9.17, 15) is 13.5 Å². The molecule has 0 heterocycles. The molecule has 0 aliphatic rings. The zero-order valence-corrected chi connectivity index (χ0v) is 15.7. The van der Waals surface area contributed by atoms with Gasteiger partial charge in [-0.2, -0.15) is 0 Å². The van der Waals surface area contributed by atoms with Gasteiger partial charge in [-0.15, -0.1) is 0 Å². The molecule has 0 aliphatic carbocycles. The Bertz CT molecular complexity index is 785. The van der Waals surface area contributed by atoms with Crippen molar-refractivity contribution in [2.75, 3.05) is 13.2 Å². The molecule has 2 aromatic carbocycles. The fraction of sp³-hybridized carbons (Fsp3) is 0.474. The molecule has 0 unspecified atom stereocenters. The number of fused-ring (bicyclic) bond motifs is 1. The molecule has 0 bridgehead atoms. The lowest BCUT2D eigenvalue weighted by molar-refractivity contribution is 0.254. The van der Waals surface area contributed by atoms with Gasteiger partial charge in [0.15, 0.2) is 0 Å². The van der Waals surface area contributed by atoms with Gasteiger partial charge >= 0.3 is 0 Å². The van der Waals surface area contributed by atoms with Crippen molar-refractivity contribution >= 4 is 20.8 Å². The summed E-state index contributed by atoms with van der Waals surface area (Å²) >= 11 is 0. The van der Waals surface area contributed by atoms with Gasteiger partial charge in [0.05, 0.1) is 18.1 Å². The van der Waals surface area contributed by atoms with Gasteiger partial charge in [0, 0.05) is 16.8 Å². The highest BCUT2D eigenvalue weighted by Gasteiger charge is 2.22. The Morgan fingerprint density at radius 3 is 2.44 bits per heavy atom. The van der Waals surface area contributed by atoms with Gasteiger partial charge in [-0.25, -0.2) is 13.1 Å². The van der Waals surface area contributed by atoms with E-state index in [1.807, 2.05) is 25.1 Å². The molecule has 1 atom stereocenters. The van der Waals surface area contributed by atoms with Crippen LogP contribution in [-0.4, -0.2) is 32.8 Å². The monoisotopic (exact) mass is 365 g/mol. The molecule has 0 amide bonds. The molecule has 0 fully saturated rings. The fourth-order valence-corrected chi connectivity index (χ4v) is 4.19. The highest BCUT2D eigenvalue weighted by Crippen LogP contribution is 2.31. The molecule has 2 N–H and O–H groups in total. The van der Waals surface area contributed by atoms with Gasteiger partial charge in [0.2, 0.25) is 10.0 Å². The first-order chi connectivity index (χ1) is 12.0. The number of aliphatic hydroxyl groups is 1. The van der Waals surface area contributed by atoms with Crippen molar-refractivity contribution < 1.29 is 18.3 Å². The minimum atomic E-state index is -3.72. The van der Waals surface area contributed by atoms with E-state index in [2.05, 4.69) is 11.6 Å². The molecule has 25 heavy (non-hydrogen) atoms. The molecule has 6 heteroatoms. The lowest BCUT2D eigenvalue weighted by Crippen LogP contribution is -2.36. The predicted molar refractivity (Wildman–Crippen MR) is 100 cm³/mol. The summed E-state index contributed by atoms with van der Waals surface area (Å²) in [6.45, 7) is 4.35. The van der Waals surface area contributed by atoms with E-state index in [0.717, 1.165) is 24.6 Å². The van der Waals surface area contributed by atoms with Gasteiger partial charge in [-0.3, -0.25) is 0 Å². The smallest absolute Gasteiger partial charge is 0.241 e. The highest BCUT2D eigenvalue weighted by molar-refractivity contribution is 7.89. The van der Waals surface area contributed by atoms with Gasteiger partial charge in [0.1, 0.15) is 5.75 Å². The summed E-state index contributed by atoms with van der Waals surface area (Å²) < 4.78 is 33.9. The molecule has 0 spiro atoms. The van der Waals surface area contributed by atoms with Gasteiger partial charge < -0.3 is 9.84 Å². The van der Waals surface area contributed by atoms with Crippen LogP contribution in [0.3, 0.4) is 0 Å². The molecular weight excluding hydrogens is 338 g/mol. The van der Waals surface area contributed by atoms with Gasteiger partial charge in [0.25, 0.3) is 0 Å². The molecule has 0 saturated carbocycles. The van der Waals surface area contributed by atoms with Crippen molar-refractivity contribution in [2.24, 2.45) is 0 Å². The summed E-state index contributed by atoms with van der Waals surface area (Å²) in [7, 11) is -3.72. The number of aliphatic hydroxyl groups excluding tert-OH is 1. The first kappa shape index (κ1) is 19.7. The van der Waals surface area contributed by atoms with Crippen LogP contribution in [0.25, 0.3) is 10.8 Å². The van der Waals surface area contributed by atoms with Gasteiger partial charge in [-0.1, -0.05) is 51.0 Å². The molecule has 2 aromatic rings. The van der Waals surface area contributed by atoms with Crippen molar-refractivity contribution in [3.8, 4) is 5.75 Å². The maximum Gasteiger partial charge on any atom is 0.241 e. The van der Waals surface area contributed by atoms with E-state index in [1.54, 1.807) is 18.2 Å². The van der Waals surface area contributed by atoms with Gasteiger partial charge in [-0.05, 0) is 25.0 Å². The standard InChI is InChI=1S/C19H27NO4S/c1-3-5-8-13-24-18-11-12-19(17-10-7-6-9-16(17)18)25(22,23)20-15(4-2)14-21/h6-7,9-12,15,20-21H,3-5,8,13-14H2,1-2H3/t15-/m0/s1. The Kier molecular flexibility index (Phi) is 7.23. The Morgan fingerprint density at radius 1 is 1.08 bits per heavy atom. The molecular formula is C19H27NO4S. The van der Waals surface area contributed by atoms with Crippen LogP contribution >= 0.6 is 0 Å². The number of rotatable bonds is 10. The molecule has 5 nitrogen and oxygen atoms in total. The lowest BCUT2D eigenvalue weighted by atomic mass is 10.1. The maximum absolute atomic E-state index is 12.7. The van der Waals surface area contributed by atoms with E-state index < -0.39 is 16.1 Å². The zero-order valence-electron chi connectivity index (χ0n) is 14.9. The largest absolute Gasteiger partial charge is 0.493 e. The molecule has 0 aliphatic heterocycles. The van der Waals surface area contributed by atoms with Crippen LogP contribution in [0.2, 0.25) is 0 Å². The summed E-state index contributed by atoms with van der Waals surface area (Å²) in [5.41, 5.74) is 0. The molecule has 138 valence electrons. The van der Waals surface area contributed by atoms with Crippen molar-refractivity contribution in [1.82, 2.24) is 4.72 Å². The minimum absolute atomic E-state index is 0.205. The number of hydrogen-bond donors (Lipinski definition) is 2. The quantitative estimate of drug-likeness (QED) is 0.632. The zero-order chi connectivity index (χ0) is 18.3. The summed E-state index contributed by atoms with van der Waals surface area (Å²) in [5, 5.41) is 10.7. The molecule has 2 rings (SSSR count). The van der Waals surface area contributed by atoms with Crippen molar-refractivity contribution in [3.05, 3.63) is 36.4 Å². The van der Waals surface area contributed by atoms with Crippen molar-refractivity contribution in [2.45, 2.75) is 50.5 Å². The summed E-state index contributed by atoms with van der Waals surface area (Å²) in [4.78, 5) is 0.205. The van der Waals surface area contributed by atoms with E-state index in [1.165, 1.54) is 0 Å². The number of sulfonamides is 1. The summed E-state index contributed by atoms with van der Waals surface area (Å²) in [6, 6.07) is 10.1. The predicted octanol–water partition coefficient (Wildman–Crippen LogP) is 3.46. The Labute approximate surface area is 150 Å². The Hall–Kier alpha value is -1.63. The average molecular weight is 365 g/mol. The third kappa shape index (κ3) is 4.93. The van der Waals surface area contributed by atoms with Crippen LogP contribution in [0.4, 0.5) is 0 Å².